The average Bonchev–Trinajstić information content (AvgIpc) is 3.63. The van der Waals surface area contributed by atoms with E-state index >= 15 is 0 Å². The number of hydrogen-bond donors (Lipinski definition) is 1. The first-order valence-corrected chi connectivity index (χ1v) is 17.3. The zero-order valence-corrected chi connectivity index (χ0v) is 26.5. The maximum absolute atomic E-state index is 10.9. The summed E-state index contributed by atoms with van der Waals surface area (Å²) < 4.78 is 0. The molecule has 0 radical (unpaired) electrons. The number of carboxylic acids is 1. The molecule has 0 amide bonds. The second kappa shape index (κ2) is 24.2. The molecule has 226 valence electrons. The zero-order valence-electron chi connectivity index (χ0n) is 26.5. The van der Waals surface area contributed by atoms with Crippen LogP contribution in [0.2, 0.25) is 0 Å². The van der Waals surface area contributed by atoms with Crippen LogP contribution in [0.4, 0.5) is 0 Å². The second-order valence-corrected chi connectivity index (χ2v) is 13.4. The number of aliphatic carboxylic acids is 1. The van der Waals surface area contributed by atoms with E-state index in [1.54, 1.807) is 0 Å². The Morgan fingerprint density at radius 2 is 1.05 bits per heavy atom. The lowest BCUT2D eigenvalue weighted by molar-refractivity contribution is -0.141. The van der Waals surface area contributed by atoms with E-state index in [-0.39, 0.29) is 5.92 Å². The van der Waals surface area contributed by atoms with Gasteiger partial charge in [-0.25, -0.2) is 0 Å². The van der Waals surface area contributed by atoms with E-state index < -0.39 is 5.97 Å². The summed E-state index contributed by atoms with van der Waals surface area (Å²) in [7, 11) is 4.49. The maximum atomic E-state index is 10.9. The number of nitrogens with zero attached hydrogens (tertiary/aromatic N) is 1. The maximum Gasteiger partial charge on any atom is 0.306 e. The van der Waals surface area contributed by atoms with E-state index in [0.717, 1.165) is 30.6 Å². The van der Waals surface area contributed by atoms with Crippen molar-refractivity contribution in [2.45, 2.75) is 174 Å². The molecule has 38 heavy (non-hydrogen) atoms. The lowest BCUT2D eigenvalue weighted by atomic mass is 9.93. The van der Waals surface area contributed by atoms with Gasteiger partial charge >= 0.3 is 5.97 Å². The first kappa shape index (κ1) is 35.5. The fourth-order valence-electron chi connectivity index (χ4n) is 6.49. The third-order valence-electron chi connectivity index (χ3n) is 9.23. The van der Waals surface area contributed by atoms with Crippen molar-refractivity contribution in [2.75, 3.05) is 20.6 Å². The van der Waals surface area contributed by atoms with Gasteiger partial charge in [0.05, 0.1) is 5.92 Å². The van der Waals surface area contributed by atoms with Gasteiger partial charge in [-0.15, -0.1) is 0 Å². The van der Waals surface area contributed by atoms with Gasteiger partial charge in [0.25, 0.3) is 0 Å². The fraction of sp³-hybridized carbons (Fsp3) is 0.971. The first-order chi connectivity index (χ1) is 18.4. The highest BCUT2D eigenvalue weighted by molar-refractivity contribution is 5.69. The Balaban J connectivity index is 1.87. The Morgan fingerprint density at radius 1 is 0.658 bits per heavy atom. The molecule has 0 saturated heterocycles. The van der Waals surface area contributed by atoms with Gasteiger partial charge < -0.3 is 10.0 Å². The van der Waals surface area contributed by atoms with Crippen LogP contribution in [0.25, 0.3) is 0 Å². The normalized spacial score (nSPS) is 18.7. The third kappa shape index (κ3) is 21.3. The number of rotatable bonds is 29. The zero-order chi connectivity index (χ0) is 27.8. The van der Waals surface area contributed by atoms with Crippen LogP contribution in [0, 0.1) is 23.7 Å². The van der Waals surface area contributed by atoms with Gasteiger partial charge in [-0.05, 0) is 57.5 Å². The molecule has 1 aliphatic rings. The van der Waals surface area contributed by atoms with E-state index in [1.165, 1.54) is 154 Å². The summed E-state index contributed by atoms with van der Waals surface area (Å²) in [5.41, 5.74) is 0. The Morgan fingerprint density at radius 3 is 1.47 bits per heavy atom. The number of carboxylic acid groups (broad SMARTS) is 1. The standard InChI is InChI=1S/C35H69NO2/c1-5-6-7-8-11-14-20-25-32(30-36(3)4)26-21-15-12-9-10-13-16-22-27-33-29-34(33)28-23-18-17-19-24-31(2)35(37)38/h31-34H,5-30H2,1-4H3,(H,37,38). The van der Waals surface area contributed by atoms with Crippen LogP contribution in [0.3, 0.4) is 0 Å². The SMILES string of the molecule is CCCCCCCCCC(CCCCCCCCCCC1CC1CCCCCCC(C)C(=O)O)CN(C)C. The summed E-state index contributed by atoms with van der Waals surface area (Å²) in [6.45, 7) is 5.42. The van der Waals surface area contributed by atoms with E-state index in [9.17, 15) is 4.79 Å². The molecule has 0 heterocycles. The Bertz CT molecular complexity index is 534. The third-order valence-corrected chi connectivity index (χ3v) is 9.23. The molecular weight excluding hydrogens is 466 g/mol. The molecule has 1 aliphatic carbocycles. The molecule has 1 saturated carbocycles. The minimum atomic E-state index is -0.640. The van der Waals surface area contributed by atoms with Crippen molar-refractivity contribution in [3.8, 4) is 0 Å². The molecule has 0 aliphatic heterocycles. The van der Waals surface area contributed by atoms with Crippen molar-refractivity contribution in [3.63, 3.8) is 0 Å². The minimum absolute atomic E-state index is 0.169. The van der Waals surface area contributed by atoms with Crippen molar-refractivity contribution in [3.05, 3.63) is 0 Å². The van der Waals surface area contributed by atoms with E-state index in [0.29, 0.717) is 0 Å². The molecule has 1 fully saturated rings. The fourth-order valence-corrected chi connectivity index (χ4v) is 6.49. The van der Waals surface area contributed by atoms with Crippen molar-refractivity contribution in [1.29, 1.82) is 0 Å². The Labute approximate surface area is 239 Å². The first-order valence-electron chi connectivity index (χ1n) is 17.3. The molecule has 3 heteroatoms. The number of unbranched alkanes of at least 4 members (excludes halogenated alkanes) is 16. The topological polar surface area (TPSA) is 40.5 Å². The molecule has 0 bridgehead atoms. The largest absolute Gasteiger partial charge is 0.481 e. The van der Waals surface area contributed by atoms with Gasteiger partial charge in [0.15, 0.2) is 0 Å². The summed E-state index contributed by atoms with van der Waals surface area (Å²) in [6.07, 6.45) is 34.7. The molecule has 0 aromatic rings. The van der Waals surface area contributed by atoms with Gasteiger partial charge in [-0.2, -0.15) is 0 Å². The summed E-state index contributed by atoms with van der Waals surface area (Å²) in [6, 6.07) is 0. The molecule has 3 nitrogen and oxygen atoms in total. The predicted molar refractivity (Wildman–Crippen MR) is 167 cm³/mol. The monoisotopic (exact) mass is 536 g/mol. The van der Waals surface area contributed by atoms with Crippen molar-refractivity contribution < 1.29 is 9.90 Å². The van der Waals surface area contributed by atoms with E-state index in [4.69, 9.17) is 5.11 Å². The second-order valence-electron chi connectivity index (χ2n) is 13.4. The smallest absolute Gasteiger partial charge is 0.306 e. The highest BCUT2D eigenvalue weighted by atomic mass is 16.4. The molecule has 0 aromatic carbocycles. The molecule has 4 unspecified atom stereocenters. The Hall–Kier alpha value is -0.570. The van der Waals surface area contributed by atoms with Gasteiger partial charge in [0.2, 0.25) is 0 Å². The van der Waals surface area contributed by atoms with Crippen LogP contribution in [0.15, 0.2) is 0 Å². The lowest BCUT2D eigenvalue weighted by Gasteiger charge is -2.21. The van der Waals surface area contributed by atoms with Gasteiger partial charge in [0.1, 0.15) is 0 Å². The van der Waals surface area contributed by atoms with Crippen molar-refractivity contribution in [1.82, 2.24) is 4.90 Å². The molecular formula is C35H69NO2. The number of hydrogen-bond acceptors (Lipinski definition) is 2. The summed E-state index contributed by atoms with van der Waals surface area (Å²) in [4.78, 5) is 13.3. The van der Waals surface area contributed by atoms with Crippen LogP contribution in [-0.4, -0.2) is 36.6 Å². The van der Waals surface area contributed by atoms with Gasteiger partial charge in [-0.3, -0.25) is 4.79 Å². The van der Waals surface area contributed by atoms with Crippen LogP contribution in [0.1, 0.15) is 174 Å². The molecule has 4 atom stereocenters. The summed E-state index contributed by atoms with van der Waals surface area (Å²) in [5.74, 6) is 2.17. The van der Waals surface area contributed by atoms with E-state index in [2.05, 4.69) is 25.9 Å². The van der Waals surface area contributed by atoms with Crippen LogP contribution in [0.5, 0.6) is 0 Å². The van der Waals surface area contributed by atoms with Gasteiger partial charge in [0, 0.05) is 6.54 Å². The Kier molecular flexibility index (Phi) is 22.6. The van der Waals surface area contributed by atoms with Crippen molar-refractivity contribution in [2.24, 2.45) is 23.7 Å². The molecule has 1 N–H and O–H groups in total. The van der Waals surface area contributed by atoms with E-state index in [1.807, 2.05) is 6.92 Å². The highest BCUT2D eigenvalue weighted by Gasteiger charge is 2.35. The minimum Gasteiger partial charge on any atom is -0.481 e. The number of carbonyl (C=O) groups is 1. The molecule has 1 rings (SSSR count). The van der Waals surface area contributed by atoms with Crippen LogP contribution >= 0.6 is 0 Å². The lowest BCUT2D eigenvalue weighted by Crippen LogP contribution is -2.21. The molecule has 0 aromatic heterocycles. The summed E-state index contributed by atoms with van der Waals surface area (Å²) in [5, 5.41) is 8.94. The predicted octanol–water partition coefficient (Wildman–Crippen LogP) is 10.9. The van der Waals surface area contributed by atoms with Crippen molar-refractivity contribution >= 4 is 5.97 Å². The quantitative estimate of drug-likeness (QED) is 0.0968. The molecule has 0 spiro atoms. The highest BCUT2D eigenvalue weighted by Crippen LogP contribution is 2.45. The van der Waals surface area contributed by atoms with Crippen LogP contribution < -0.4 is 0 Å². The summed E-state index contributed by atoms with van der Waals surface area (Å²) >= 11 is 0. The average molecular weight is 536 g/mol. The van der Waals surface area contributed by atoms with Crippen LogP contribution in [-0.2, 0) is 4.79 Å². The van der Waals surface area contributed by atoms with Gasteiger partial charge in [-0.1, -0.05) is 149 Å².